The number of benzene rings is 1. The van der Waals surface area contributed by atoms with Crippen molar-refractivity contribution in [1.82, 2.24) is 9.55 Å². The lowest BCUT2D eigenvalue weighted by atomic mass is 10.2. The van der Waals surface area contributed by atoms with Crippen LogP contribution in [0, 0.1) is 6.92 Å². The van der Waals surface area contributed by atoms with E-state index in [4.69, 9.17) is 5.73 Å². The van der Waals surface area contributed by atoms with E-state index in [-0.39, 0.29) is 0 Å². The molecule has 92 valence electrons. The molecule has 0 aliphatic carbocycles. The molecule has 1 aromatic carbocycles. The van der Waals surface area contributed by atoms with Gasteiger partial charge in [-0.2, -0.15) is 11.8 Å². The molecule has 0 spiro atoms. The predicted molar refractivity (Wildman–Crippen MR) is 76.6 cm³/mol. The summed E-state index contributed by atoms with van der Waals surface area (Å²) in [5.41, 5.74) is 8.74. The minimum absolute atomic E-state index is 0.466. The van der Waals surface area contributed by atoms with E-state index in [0.717, 1.165) is 28.5 Å². The van der Waals surface area contributed by atoms with Crippen LogP contribution in [0.4, 0.5) is 5.69 Å². The molecule has 1 heterocycles. The lowest BCUT2D eigenvalue weighted by molar-refractivity contribution is 0.609. The second-order valence-electron chi connectivity index (χ2n) is 4.29. The second-order valence-corrected chi connectivity index (χ2v) is 5.60. The van der Waals surface area contributed by atoms with Gasteiger partial charge in [-0.05, 0) is 37.8 Å². The van der Waals surface area contributed by atoms with Gasteiger partial charge in [-0.3, -0.25) is 0 Å². The molecular weight excluding hydrogens is 230 g/mol. The van der Waals surface area contributed by atoms with E-state index >= 15 is 0 Å². The van der Waals surface area contributed by atoms with Crippen LogP contribution < -0.4 is 5.73 Å². The lowest BCUT2D eigenvalue weighted by Crippen LogP contribution is -2.09. The van der Waals surface area contributed by atoms with E-state index in [2.05, 4.69) is 36.4 Å². The molecule has 0 aliphatic rings. The molecular formula is C13H19N3S. The average molecular weight is 249 g/mol. The molecule has 1 unspecified atom stereocenters. The Labute approximate surface area is 106 Å². The van der Waals surface area contributed by atoms with E-state index < -0.39 is 0 Å². The van der Waals surface area contributed by atoms with Crippen molar-refractivity contribution in [1.29, 1.82) is 0 Å². The van der Waals surface area contributed by atoms with Crippen molar-refractivity contribution in [3.63, 3.8) is 0 Å². The van der Waals surface area contributed by atoms with Crippen molar-refractivity contribution in [2.75, 3.05) is 17.2 Å². The quantitative estimate of drug-likeness (QED) is 0.846. The molecule has 2 N–H and O–H groups in total. The fourth-order valence-electron chi connectivity index (χ4n) is 2.16. The van der Waals surface area contributed by atoms with Gasteiger partial charge in [0.05, 0.1) is 11.0 Å². The van der Waals surface area contributed by atoms with E-state index in [1.165, 1.54) is 5.52 Å². The molecule has 3 nitrogen and oxygen atoms in total. The zero-order valence-corrected chi connectivity index (χ0v) is 11.4. The highest BCUT2D eigenvalue weighted by molar-refractivity contribution is 7.99. The predicted octanol–water partition coefficient (Wildman–Crippen LogP) is 3.24. The third-order valence-electron chi connectivity index (χ3n) is 2.89. The molecule has 17 heavy (non-hydrogen) atoms. The summed E-state index contributed by atoms with van der Waals surface area (Å²) < 4.78 is 2.30. The smallest absolute Gasteiger partial charge is 0.106 e. The number of fused-ring (bicyclic) bond motifs is 1. The van der Waals surface area contributed by atoms with Crippen LogP contribution in [0.15, 0.2) is 18.2 Å². The average Bonchev–Trinajstić information content (AvgIpc) is 2.61. The summed E-state index contributed by atoms with van der Waals surface area (Å²) >= 11 is 1.96. The maximum atomic E-state index is 5.79. The molecule has 0 amide bonds. The number of hydrogen-bond donors (Lipinski definition) is 1. The van der Waals surface area contributed by atoms with Crippen molar-refractivity contribution in [2.24, 2.45) is 0 Å². The Morgan fingerprint density at radius 1 is 1.47 bits per heavy atom. The number of aromatic nitrogens is 2. The fraction of sp³-hybridized carbons (Fsp3) is 0.462. The second kappa shape index (κ2) is 5.00. The van der Waals surface area contributed by atoms with Gasteiger partial charge in [0.25, 0.3) is 0 Å². The Hall–Kier alpha value is -1.16. The van der Waals surface area contributed by atoms with Gasteiger partial charge in [0.1, 0.15) is 5.82 Å². The monoisotopic (exact) mass is 249 g/mol. The van der Waals surface area contributed by atoms with Crippen molar-refractivity contribution in [2.45, 2.75) is 26.8 Å². The van der Waals surface area contributed by atoms with Gasteiger partial charge >= 0.3 is 0 Å². The van der Waals surface area contributed by atoms with E-state index in [1.54, 1.807) is 0 Å². The van der Waals surface area contributed by atoms with Crippen LogP contribution in [0.3, 0.4) is 0 Å². The highest BCUT2D eigenvalue weighted by Crippen LogP contribution is 2.24. The lowest BCUT2D eigenvalue weighted by Gasteiger charge is -2.15. The van der Waals surface area contributed by atoms with Gasteiger partial charge in [0, 0.05) is 17.5 Å². The van der Waals surface area contributed by atoms with Crippen LogP contribution in [-0.2, 0) is 0 Å². The molecule has 1 atom stereocenters. The first-order valence-electron chi connectivity index (χ1n) is 5.95. The summed E-state index contributed by atoms with van der Waals surface area (Å²) in [7, 11) is 0. The zero-order chi connectivity index (χ0) is 12.4. The Morgan fingerprint density at radius 2 is 2.24 bits per heavy atom. The largest absolute Gasteiger partial charge is 0.399 e. The summed E-state index contributed by atoms with van der Waals surface area (Å²) in [6.07, 6.45) is 0. The summed E-state index contributed by atoms with van der Waals surface area (Å²) in [6.45, 7) is 6.49. The number of nitrogens with two attached hydrogens (primary N) is 1. The maximum Gasteiger partial charge on any atom is 0.106 e. The Bertz CT molecular complexity index is 519. The highest BCUT2D eigenvalue weighted by Gasteiger charge is 2.12. The van der Waals surface area contributed by atoms with Crippen LogP contribution in [0.5, 0.6) is 0 Å². The molecule has 2 aromatic rings. The van der Waals surface area contributed by atoms with Gasteiger partial charge in [-0.15, -0.1) is 0 Å². The van der Waals surface area contributed by atoms with Gasteiger partial charge in [-0.1, -0.05) is 6.92 Å². The number of nitrogens with zero attached hydrogens (tertiary/aromatic N) is 2. The van der Waals surface area contributed by atoms with E-state index in [9.17, 15) is 0 Å². The number of nitrogen functional groups attached to an aromatic ring is 1. The molecule has 0 saturated carbocycles. The molecule has 0 radical (unpaired) electrons. The Kier molecular flexibility index (Phi) is 3.62. The first-order chi connectivity index (χ1) is 8.13. The van der Waals surface area contributed by atoms with Gasteiger partial charge in [-0.25, -0.2) is 4.98 Å². The van der Waals surface area contributed by atoms with Crippen LogP contribution in [-0.4, -0.2) is 21.1 Å². The summed E-state index contributed by atoms with van der Waals surface area (Å²) in [4.78, 5) is 4.58. The van der Waals surface area contributed by atoms with Crippen LogP contribution in [0.25, 0.3) is 11.0 Å². The molecule has 0 aliphatic heterocycles. The standard InChI is InChI=1S/C13H19N3S/c1-4-17-8-9(2)16-10(3)15-12-7-11(14)5-6-13(12)16/h5-7,9H,4,8,14H2,1-3H3. The number of thioether (sulfide) groups is 1. The minimum Gasteiger partial charge on any atom is -0.399 e. The number of hydrogen-bond acceptors (Lipinski definition) is 3. The molecule has 2 rings (SSSR count). The highest BCUT2D eigenvalue weighted by atomic mass is 32.2. The SMILES string of the molecule is CCSCC(C)n1c(C)nc2cc(N)ccc21. The fourth-order valence-corrected chi connectivity index (χ4v) is 2.88. The Morgan fingerprint density at radius 3 is 2.94 bits per heavy atom. The van der Waals surface area contributed by atoms with Crippen molar-refractivity contribution < 1.29 is 0 Å². The van der Waals surface area contributed by atoms with E-state index in [0.29, 0.717) is 6.04 Å². The van der Waals surface area contributed by atoms with Crippen molar-refractivity contribution >= 4 is 28.5 Å². The summed E-state index contributed by atoms with van der Waals surface area (Å²) in [5, 5.41) is 0. The van der Waals surface area contributed by atoms with Crippen molar-refractivity contribution in [3.05, 3.63) is 24.0 Å². The molecule has 0 saturated heterocycles. The van der Waals surface area contributed by atoms with Crippen LogP contribution in [0.2, 0.25) is 0 Å². The van der Waals surface area contributed by atoms with Gasteiger partial charge in [0.15, 0.2) is 0 Å². The number of imidazole rings is 1. The van der Waals surface area contributed by atoms with Gasteiger partial charge in [0.2, 0.25) is 0 Å². The number of aryl methyl sites for hydroxylation is 1. The minimum atomic E-state index is 0.466. The van der Waals surface area contributed by atoms with Crippen LogP contribution >= 0.6 is 11.8 Å². The normalized spacial score (nSPS) is 13.1. The third-order valence-corrected chi connectivity index (χ3v) is 4.02. The van der Waals surface area contributed by atoms with E-state index in [1.807, 2.05) is 23.9 Å². The first-order valence-corrected chi connectivity index (χ1v) is 7.10. The van der Waals surface area contributed by atoms with Gasteiger partial charge < -0.3 is 10.3 Å². The maximum absolute atomic E-state index is 5.79. The number of rotatable bonds is 4. The molecule has 0 bridgehead atoms. The molecule has 1 aromatic heterocycles. The number of anilines is 1. The third kappa shape index (κ3) is 2.41. The molecule has 4 heteroatoms. The summed E-state index contributed by atoms with van der Waals surface area (Å²) in [6, 6.07) is 6.42. The first kappa shape index (κ1) is 12.3. The topological polar surface area (TPSA) is 43.8 Å². The zero-order valence-electron chi connectivity index (χ0n) is 10.6. The summed E-state index contributed by atoms with van der Waals surface area (Å²) in [5.74, 6) is 3.34. The van der Waals surface area contributed by atoms with Crippen LogP contribution in [0.1, 0.15) is 25.7 Å². The Balaban J connectivity index is 2.42. The van der Waals surface area contributed by atoms with Crippen molar-refractivity contribution in [3.8, 4) is 0 Å². The molecule has 0 fully saturated rings.